The van der Waals surface area contributed by atoms with Crippen LogP contribution < -0.4 is 10.6 Å². The number of rotatable bonds is 5. The summed E-state index contributed by atoms with van der Waals surface area (Å²) in [5.41, 5.74) is 1.74. The highest BCUT2D eigenvalue weighted by molar-refractivity contribution is 6.33. The van der Waals surface area contributed by atoms with Crippen LogP contribution >= 0.6 is 11.6 Å². The summed E-state index contributed by atoms with van der Waals surface area (Å²) in [6.07, 6.45) is 1.03. The molecule has 0 spiro atoms. The first-order chi connectivity index (χ1) is 9.19. The molecule has 0 radical (unpaired) electrons. The average molecular weight is 277 g/mol. The Hall–Kier alpha value is -1.81. The van der Waals surface area contributed by atoms with Crippen LogP contribution in [0.1, 0.15) is 19.0 Å². The van der Waals surface area contributed by atoms with Crippen molar-refractivity contribution >= 4 is 29.1 Å². The van der Waals surface area contributed by atoms with Gasteiger partial charge in [-0.1, -0.05) is 30.7 Å². The third-order valence-corrected chi connectivity index (χ3v) is 2.85. The molecule has 0 saturated heterocycles. The van der Waals surface area contributed by atoms with Gasteiger partial charge >= 0.3 is 0 Å². The minimum absolute atomic E-state index is 0.636. The van der Waals surface area contributed by atoms with Gasteiger partial charge in [0, 0.05) is 18.3 Å². The van der Waals surface area contributed by atoms with Gasteiger partial charge in [-0.3, -0.25) is 0 Å². The fourth-order valence-electron chi connectivity index (χ4n) is 1.65. The Balaban J connectivity index is 2.20. The van der Waals surface area contributed by atoms with Crippen molar-refractivity contribution in [2.24, 2.45) is 0 Å². The highest BCUT2D eigenvalue weighted by Crippen LogP contribution is 2.24. The van der Waals surface area contributed by atoms with Crippen molar-refractivity contribution in [3.63, 3.8) is 0 Å². The van der Waals surface area contributed by atoms with Gasteiger partial charge in [0.1, 0.15) is 5.82 Å². The van der Waals surface area contributed by atoms with Gasteiger partial charge in [-0.2, -0.15) is 4.98 Å². The Bertz CT molecular complexity index is 557. The zero-order chi connectivity index (χ0) is 13.7. The Morgan fingerprint density at radius 2 is 2.00 bits per heavy atom. The predicted octanol–water partition coefficient (Wildman–Crippen LogP) is 4.00. The van der Waals surface area contributed by atoms with Crippen LogP contribution in [0.4, 0.5) is 17.5 Å². The van der Waals surface area contributed by atoms with Gasteiger partial charge in [0.05, 0.1) is 10.7 Å². The first-order valence-corrected chi connectivity index (χ1v) is 6.68. The van der Waals surface area contributed by atoms with E-state index in [4.69, 9.17) is 11.6 Å². The van der Waals surface area contributed by atoms with Crippen LogP contribution in [0.3, 0.4) is 0 Å². The molecule has 2 aromatic rings. The summed E-state index contributed by atoms with van der Waals surface area (Å²) in [6.45, 7) is 4.90. The zero-order valence-corrected chi connectivity index (χ0v) is 11.8. The van der Waals surface area contributed by atoms with Crippen molar-refractivity contribution in [2.75, 3.05) is 17.2 Å². The first-order valence-electron chi connectivity index (χ1n) is 6.30. The molecule has 0 saturated carbocycles. The number of anilines is 3. The molecule has 1 heterocycles. The van der Waals surface area contributed by atoms with Crippen LogP contribution in [0, 0.1) is 6.92 Å². The molecule has 2 rings (SSSR count). The van der Waals surface area contributed by atoms with Gasteiger partial charge in [0.2, 0.25) is 5.95 Å². The van der Waals surface area contributed by atoms with Gasteiger partial charge < -0.3 is 10.6 Å². The molecule has 0 unspecified atom stereocenters. The fourth-order valence-corrected chi connectivity index (χ4v) is 1.83. The molecule has 1 aromatic heterocycles. The van der Waals surface area contributed by atoms with Gasteiger partial charge in [0.15, 0.2) is 0 Å². The molecule has 0 aliphatic rings. The van der Waals surface area contributed by atoms with E-state index in [1.165, 1.54) is 0 Å². The number of hydrogen-bond acceptors (Lipinski definition) is 4. The summed E-state index contributed by atoms with van der Waals surface area (Å²) in [5, 5.41) is 7.06. The minimum atomic E-state index is 0.636. The van der Waals surface area contributed by atoms with E-state index in [1.54, 1.807) is 0 Å². The van der Waals surface area contributed by atoms with E-state index in [2.05, 4.69) is 27.5 Å². The summed E-state index contributed by atoms with van der Waals surface area (Å²) in [7, 11) is 0. The molecule has 100 valence electrons. The number of para-hydroxylation sites is 1. The van der Waals surface area contributed by atoms with Crippen LogP contribution in [0.2, 0.25) is 5.02 Å². The molecular formula is C14H17ClN4. The monoisotopic (exact) mass is 276 g/mol. The Morgan fingerprint density at radius 1 is 1.21 bits per heavy atom. The van der Waals surface area contributed by atoms with Crippen molar-refractivity contribution in [3.05, 3.63) is 41.0 Å². The number of aromatic nitrogens is 2. The van der Waals surface area contributed by atoms with E-state index in [0.717, 1.165) is 30.2 Å². The van der Waals surface area contributed by atoms with E-state index in [-0.39, 0.29) is 0 Å². The summed E-state index contributed by atoms with van der Waals surface area (Å²) in [4.78, 5) is 8.76. The molecular weight excluding hydrogens is 260 g/mol. The second kappa shape index (κ2) is 6.38. The highest BCUT2D eigenvalue weighted by atomic mass is 35.5. The second-order valence-corrected chi connectivity index (χ2v) is 4.66. The maximum Gasteiger partial charge on any atom is 0.224 e. The molecule has 0 bridgehead atoms. The van der Waals surface area contributed by atoms with Crippen molar-refractivity contribution in [2.45, 2.75) is 20.3 Å². The zero-order valence-electron chi connectivity index (χ0n) is 11.1. The summed E-state index contributed by atoms with van der Waals surface area (Å²) in [5.74, 6) is 1.37. The lowest BCUT2D eigenvalue weighted by atomic mass is 10.3. The molecule has 0 aliphatic carbocycles. The smallest absolute Gasteiger partial charge is 0.224 e. The minimum Gasteiger partial charge on any atom is -0.354 e. The Kier molecular flexibility index (Phi) is 4.58. The van der Waals surface area contributed by atoms with E-state index in [9.17, 15) is 0 Å². The van der Waals surface area contributed by atoms with E-state index < -0.39 is 0 Å². The van der Waals surface area contributed by atoms with Gasteiger partial charge in [-0.05, 0) is 25.5 Å². The number of hydrogen-bond donors (Lipinski definition) is 2. The highest BCUT2D eigenvalue weighted by Gasteiger charge is 2.04. The standard InChI is InChI=1S/C14H17ClN4/c1-3-8-16-14-17-10(2)9-13(19-14)18-12-7-5-4-6-11(12)15/h4-7,9H,3,8H2,1-2H3,(H2,16,17,18,19). The van der Waals surface area contributed by atoms with Crippen molar-refractivity contribution in [1.82, 2.24) is 9.97 Å². The average Bonchev–Trinajstić information content (AvgIpc) is 2.38. The van der Waals surface area contributed by atoms with Gasteiger partial charge in [-0.15, -0.1) is 0 Å². The van der Waals surface area contributed by atoms with E-state index >= 15 is 0 Å². The molecule has 1 aromatic carbocycles. The quantitative estimate of drug-likeness (QED) is 0.866. The van der Waals surface area contributed by atoms with Crippen molar-refractivity contribution < 1.29 is 0 Å². The first kappa shape index (κ1) is 13.6. The van der Waals surface area contributed by atoms with Gasteiger partial charge in [0.25, 0.3) is 0 Å². The molecule has 0 aliphatic heterocycles. The molecule has 5 heteroatoms. The number of halogens is 1. The van der Waals surface area contributed by atoms with Gasteiger partial charge in [-0.25, -0.2) is 4.98 Å². The van der Waals surface area contributed by atoms with E-state index in [1.807, 2.05) is 37.3 Å². The summed E-state index contributed by atoms with van der Waals surface area (Å²) in [6, 6.07) is 9.47. The lowest BCUT2D eigenvalue weighted by Gasteiger charge is -2.10. The lowest BCUT2D eigenvalue weighted by Crippen LogP contribution is -2.06. The summed E-state index contributed by atoms with van der Waals surface area (Å²) >= 11 is 6.12. The van der Waals surface area contributed by atoms with Crippen LogP contribution in [0.15, 0.2) is 30.3 Å². The topological polar surface area (TPSA) is 49.8 Å². The molecule has 0 atom stereocenters. The number of aryl methyl sites for hydroxylation is 1. The molecule has 2 N–H and O–H groups in total. The number of benzene rings is 1. The van der Waals surface area contributed by atoms with Crippen LogP contribution in [-0.4, -0.2) is 16.5 Å². The summed E-state index contributed by atoms with van der Waals surface area (Å²) < 4.78 is 0. The SMILES string of the molecule is CCCNc1nc(C)cc(Nc2ccccc2Cl)n1. The largest absolute Gasteiger partial charge is 0.354 e. The predicted molar refractivity (Wildman–Crippen MR) is 80.3 cm³/mol. The third kappa shape index (κ3) is 3.83. The second-order valence-electron chi connectivity index (χ2n) is 4.25. The third-order valence-electron chi connectivity index (χ3n) is 2.52. The van der Waals surface area contributed by atoms with Crippen LogP contribution in [0.25, 0.3) is 0 Å². The maximum atomic E-state index is 6.12. The van der Waals surface area contributed by atoms with Crippen molar-refractivity contribution in [1.29, 1.82) is 0 Å². The van der Waals surface area contributed by atoms with Crippen LogP contribution in [-0.2, 0) is 0 Å². The Morgan fingerprint density at radius 3 is 2.74 bits per heavy atom. The number of nitrogens with zero attached hydrogens (tertiary/aromatic N) is 2. The number of nitrogens with one attached hydrogen (secondary N) is 2. The molecule has 4 nitrogen and oxygen atoms in total. The van der Waals surface area contributed by atoms with E-state index in [0.29, 0.717) is 11.0 Å². The van der Waals surface area contributed by atoms with Crippen LogP contribution in [0.5, 0.6) is 0 Å². The molecule has 19 heavy (non-hydrogen) atoms. The fraction of sp³-hybridized carbons (Fsp3) is 0.286. The Labute approximate surface area is 118 Å². The molecule has 0 fully saturated rings. The molecule has 0 amide bonds. The lowest BCUT2D eigenvalue weighted by molar-refractivity contribution is 0.947. The normalized spacial score (nSPS) is 10.3. The van der Waals surface area contributed by atoms with Crippen molar-refractivity contribution in [3.8, 4) is 0 Å². The maximum absolute atomic E-state index is 6.12.